The van der Waals surface area contributed by atoms with E-state index in [9.17, 15) is 17.2 Å². The predicted molar refractivity (Wildman–Crippen MR) is 113 cm³/mol. The lowest BCUT2D eigenvalue weighted by Gasteiger charge is -2.36. The van der Waals surface area contributed by atoms with Crippen molar-refractivity contribution in [2.45, 2.75) is 30.7 Å². The lowest BCUT2D eigenvalue weighted by molar-refractivity contribution is -0.0464. The van der Waals surface area contributed by atoms with Gasteiger partial charge in [0.15, 0.2) is 0 Å². The van der Waals surface area contributed by atoms with Gasteiger partial charge in [0.25, 0.3) is 16.1 Å². The van der Waals surface area contributed by atoms with Crippen molar-refractivity contribution in [3.8, 4) is 0 Å². The average Bonchev–Trinajstić information content (AvgIpc) is 3.06. The van der Waals surface area contributed by atoms with E-state index in [2.05, 4.69) is 0 Å². The summed E-state index contributed by atoms with van der Waals surface area (Å²) in [6, 6.07) is 16.7. The van der Waals surface area contributed by atoms with Gasteiger partial charge in [-0.3, -0.25) is 0 Å². The van der Waals surface area contributed by atoms with Gasteiger partial charge in [-0.1, -0.05) is 54.1 Å². The maximum absolute atomic E-state index is 13.9. The summed E-state index contributed by atoms with van der Waals surface area (Å²) in [6.07, 6.45) is -0.137. The molecule has 2 aromatic rings. The molecule has 2 aromatic carbocycles. The smallest absolute Gasteiger partial charge is 0.222 e. The molecule has 2 aliphatic heterocycles. The summed E-state index contributed by atoms with van der Waals surface area (Å²) in [7, 11) is -2.39. The Morgan fingerprint density at radius 2 is 1.70 bits per heavy atom. The molecule has 2 fully saturated rings. The molecule has 5 nitrogen and oxygen atoms in total. The first-order valence-electron chi connectivity index (χ1n) is 9.88. The number of rotatable bonds is 4. The summed E-state index contributed by atoms with van der Waals surface area (Å²) in [5.74, 6) is -3.16. The van der Waals surface area contributed by atoms with Gasteiger partial charge in [-0.2, -0.15) is 12.7 Å². The fourth-order valence-electron chi connectivity index (χ4n) is 4.41. The standard InChI is InChI=1S/C21H24ClF2N3O2S/c1-25-20(17-8-10-18(22)11-9-17)19(16-6-3-2-4-7-16)14-27(25)30(28,29)26-13-5-12-21(23,24)15-26/h2-4,6-11,19-20H,5,12-15H2,1H3. The number of hydrogen-bond donors (Lipinski definition) is 0. The lowest BCUT2D eigenvalue weighted by Crippen LogP contribution is -2.53. The van der Waals surface area contributed by atoms with Gasteiger partial charge in [0.1, 0.15) is 0 Å². The Morgan fingerprint density at radius 3 is 2.33 bits per heavy atom. The summed E-state index contributed by atoms with van der Waals surface area (Å²) in [6.45, 7) is -0.497. The highest BCUT2D eigenvalue weighted by molar-refractivity contribution is 7.86. The number of nitrogens with zero attached hydrogens (tertiary/aromatic N) is 3. The van der Waals surface area contributed by atoms with Crippen LogP contribution in [-0.4, -0.2) is 54.8 Å². The third-order valence-corrected chi connectivity index (χ3v) is 8.03. The number of alkyl halides is 2. The van der Waals surface area contributed by atoms with Gasteiger partial charge in [0, 0.05) is 37.5 Å². The fraction of sp³-hybridized carbons (Fsp3) is 0.429. The van der Waals surface area contributed by atoms with Crippen LogP contribution in [0.2, 0.25) is 5.02 Å². The van der Waals surface area contributed by atoms with E-state index in [1.165, 1.54) is 4.41 Å². The summed E-state index contributed by atoms with van der Waals surface area (Å²) >= 11 is 6.04. The molecule has 9 heteroatoms. The molecule has 0 aliphatic carbocycles. The zero-order valence-electron chi connectivity index (χ0n) is 16.6. The molecule has 2 unspecified atom stereocenters. The van der Waals surface area contributed by atoms with Gasteiger partial charge in [0.05, 0.1) is 12.6 Å². The highest BCUT2D eigenvalue weighted by Gasteiger charge is 2.49. The van der Waals surface area contributed by atoms with Crippen molar-refractivity contribution in [2.24, 2.45) is 0 Å². The van der Waals surface area contributed by atoms with E-state index >= 15 is 0 Å². The van der Waals surface area contributed by atoms with E-state index in [0.717, 1.165) is 15.4 Å². The molecule has 0 saturated carbocycles. The number of piperidine rings is 1. The van der Waals surface area contributed by atoms with Crippen LogP contribution in [0.15, 0.2) is 54.6 Å². The normalized spacial score (nSPS) is 26.1. The molecular weight excluding hydrogens is 432 g/mol. The molecule has 0 radical (unpaired) electrons. The maximum Gasteiger partial charge on any atom is 0.295 e. The monoisotopic (exact) mass is 455 g/mol. The van der Waals surface area contributed by atoms with E-state index < -0.39 is 22.7 Å². The summed E-state index contributed by atoms with van der Waals surface area (Å²) in [5, 5.41) is 2.25. The van der Waals surface area contributed by atoms with Crippen LogP contribution in [0.5, 0.6) is 0 Å². The lowest BCUT2D eigenvalue weighted by atomic mass is 9.88. The molecular formula is C21H24ClF2N3O2S. The topological polar surface area (TPSA) is 43.9 Å². The Morgan fingerprint density at radius 1 is 1.03 bits per heavy atom. The molecule has 2 heterocycles. The molecule has 30 heavy (non-hydrogen) atoms. The first kappa shape index (κ1) is 21.6. The van der Waals surface area contributed by atoms with E-state index in [-0.39, 0.29) is 37.9 Å². The van der Waals surface area contributed by atoms with E-state index in [1.807, 2.05) is 42.5 Å². The number of benzene rings is 2. The van der Waals surface area contributed by atoms with Crippen molar-refractivity contribution in [3.05, 3.63) is 70.7 Å². The Kier molecular flexibility index (Phi) is 5.89. The van der Waals surface area contributed by atoms with Crippen LogP contribution in [0.4, 0.5) is 8.78 Å². The quantitative estimate of drug-likeness (QED) is 0.690. The molecule has 0 bridgehead atoms. The first-order valence-corrected chi connectivity index (χ1v) is 11.7. The first-order chi connectivity index (χ1) is 14.2. The Hall–Kier alpha value is -1.58. The van der Waals surface area contributed by atoms with Gasteiger partial charge in [-0.15, -0.1) is 4.41 Å². The molecule has 162 valence electrons. The second-order valence-electron chi connectivity index (χ2n) is 7.89. The second-order valence-corrected chi connectivity index (χ2v) is 10.2. The zero-order chi connectivity index (χ0) is 21.5. The van der Waals surface area contributed by atoms with Crippen LogP contribution in [0, 0.1) is 0 Å². The van der Waals surface area contributed by atoms with Gasteiger partial charge in [0.2, 0.25) is 0 Å². The van der Waals surface area contributed by atoms with Crippen molar-refractivity contribution in [3.63, 3.8) is 0 Å². The highest BCUT2D eigenvalue weighted by atomic mass is 35.5. The van der Waals surface area contributed by atoms with Crippen LogP contribution < -0.4 is 0 Å². The summed E-state index contributed by atoms with van der Waals surface area (Å²) in [5.41, 5.74) is 1.91. The third-order valence-electron chi connectivity index (χ3n) is 5.88. The van der Waals surface area contributed by atoms with Crippen molar-refractivity contribution in [1.29, 1.82) is 0 Å². The molecule has 4 rings (SSSR count). The van der Waals surface area contributed by atoms with Gasteiger partial charge in [-0.25, -0.2) is 13.8 Å². The molecule has 0 amide bonds. The maximum atomic E-state index is 13.9. The van der Waals surface area contributed by atoms with Gasteiger partial charge < -0.3 is 0 Å². The molecule has 0 spiro atoms. The van der Waals surface area contributed by atoms with Gasteiger partial charge >= 0.3 is 0 Å². The van der Waals surface area contributed by atoms with Crippen LogP contribution in [0.25, 0.3) is 0 Å². The van der Waals surface area contributed by atoms with E-state index in [4.69, 9.17) is 11.6 Å². The van der Waals surface area contributed by atoms with Crippen LogP contribution >= 0.6 is 11.6 Å². The van der Waals surface area contributed by atoms with Crippen molar-refractivity contribution in [2.75, 3.05) is 26.7 Å². The number of hydrazine groups is 1. The largest absolute Gasteiger partial charge is 0.295 e. The second kappa shape index (κ2) is 8.16. The van der Waals surface area contributed by atoms with Crippen molar-refractivity contribution >= 4 is 21.8 Å². The Balaban J connectivity index is 1.71. The number of halogens is 3. The van der Waals surface area contributed by atoms with Crippen molar-refractivity contribution in [1.82, 2.24) is 13.7 Å². The minimum atomic E-state index is -4.09. The number of hydrogen-bond acceptors (Lipinski definition) is 3. The van der Waals surface area contributed by atoms with E-state index in [1.54, 1.807) is 24.2 Å². The number of likely N-dealkylation sites (N-methyl/N-ethyl adjacent to an activating group) is 1. The van der Waals surface area contributed by atoms with Crippen LogP contribution in [0.1, 0.15) is 35.9 Å². The van der Waals surface area contributed by atoms with Crippen LogP contribution in [-0.2, 0) is 10.2 Å². The van der Waals surface area contributed by atoms with Crippen LogP contribution in [0.3, 0.4) is 0 Å². The van der Waals surface area contributed by atoms with Crippen molar-refractivity contribution < 1.29 is 17.2 Å². The highest BCUT2D eigenvalue weighted by Crippen LogP contribution is 2.44. The summed E-state index contributed by atoms with van der Waals surface area (Å²) in [4.78, 5) is 0. The van der Waals surface area contributed by atoms with E-state index in [0.29, 0.717) is 5.02 Å². The SMILES string of the molecule is CN1C(c2ccc(Cl)cc2)C(c2ccccc2)CN1S(=O)(=O)N1CCCC(F)(F)C1. The molecule has 2 saturated heterocycles. The Labute approximate surface area is 181 Å². The minimum absolute atomic E-state index is 0.101. The predicted octanol–water partition coefficient (Wildman–Crippen LogP) is 4.30. The molecule has 0 aromatic heterocycles. The molecule has 0 N–H and O–H groups in total. The molecule has 2 atom stereocenters. The average molecular weight is 456 g/mol. The fourth-order valence-corrected chi connectivity index (χ4v) is 6.29. The van der Waals surface area contributed by atoms with Gasteiger partial charge in [-0.05, 0) is 29.7 Å². The molecule has 2 aliphatic rings. The Bertz CT molecular complexity index is 989. The summed E-state index contributed by atoms with van der Waals surface area (Å²) < 4.78 is 56.7. The third kappa shape index (κ3) is 4.11. The zero-order valence-corrected chi connectivity index (χ0v) is 18.2. The minimum Gasteiger partial charge on any atom is -0.222 e.